The van der Waals surface area contributed by atoms with Gasteiger partial charge < -0.3 is 0 Å². The van der Waals surface area contributed by atoms with Gasteiger partial charge in [0.05, 0.1) is 0 Å². The molecule has 0 spiro atoms. The van der Waals surface area contributed by atoms with E-state index in [0.29, 0.717) is 5.57 Å². The molecule has 0 aliphatic rings. The second-order valence-corrected chi connectivity index (χ2v) is 4.70. The summed E-state index contributed by atoms with van der Waals surface area (Å²) in [6.45, 7) is 2.06. The fourth-order valence-corrected chi connectivity index (χ4v) is 1.51. The van der Waals surface area contributed by atoms with Gasteiger partial charge in [-0.25, -0.2) is 0 Å². The van der Waals surface area contributed by atoms with Crippen LogP contribution in [0.3, 0.4) is 0 Å². The smallest absolute Gasteiger partial charge is 0.122 e. The van der Waals surface area contributed by atoms with E-state index in [-0.39, 0.29) is 5.88 Å². The first kappa shape index (κ1) is 11.9. The van der Waals surface area contributed by atoms with Crippen molar-refractivity contribution in [3.05, 3.63) is 11.6 Å². The molecule has 0 saturated heterocycles. The summed E-state index contributed by atoms with van der Waals surface area (Å²) in [4.78, 5) is 0. The minimum absolute atomic E-state index is 0.274. The maximum absolute atomic E-state index is 5.61. The highest BCUT2D eigenvalue weighted by atomic mass is 35.6. The minimum atomic E-state index is -1.34. The number of hydrogen-bond donors (Lipinski definition) is 0. The second-order valence-electron chi connectivity index (χ2n) is 2.15. The number of allylic oxidation sites excluding steroid dienone is 2. The average molecular weight is 236 g/mol. The Hall–Kier alpha value is 0.900. The first-order valence-electron chi connectivity index (χ1n) is 3.34. The Morgan fingerprint density at radius 2 is 1.91 bits per heavy atom. The van der Waals surface area contributed by atoms with E-state index in [1.54, 1.807) is 0 Å². The van der Waals surface area contributed by atoms with Gasteiger partial charge in [0.25, 0.3) is 0 Å². The molecule has 0 aromatic heterocycles. The van der Waals surface area contributed by atoms with E-state index < -0.39 is 3.79 Å². The van der Waals surface area contributed by atoms with Gasteiger partial charge in [0, 0.05) is 5.88 Å². The molecule has 0 aromatic rings. The Morgan fingerprint density at radius 1 is 1.36 bits per heavy atom. The zero-order valence-corrected chi connectivity index (χ0v) is 9.23. The normalized spacial score (nSPS) is 13.7. The molecule has 66 valence electrons. The van der Waals surface area contributed by atoms with E-state index in [4.69, 9.17) is 46.4 Å². The molecule has 0 atom stereocenters. The Morgan fingerprint density at radius 3 is 2.18 bits per heavy atom. The summed E-state index contributed by atoms with van der Waals surface area (Å²) in [5.41, 5.74) is 0.658. The number of alkyl halides is 4. The van der Waals surface area contributed by atoms with E-state index in [9.17, 15) is 0 Å². The third-order valence-electron chi connectivity index (χ3n) is 1.19. The molecule has 0 aliphatic carbocycles. The van der Waals surface area contributed by atoms with E-state index in [1.807, 2.05) is 6.08 Å². The van der Waals surface area contributed by atoms with Crippen molar-refractivity contribution in [2.75, 3.05) is 5.88 Å². The highest BCUT2D eigenvalue weighted by Gasteiger charge is 2.24. The van der Waals surface area contributed by atoms with E-state index in [1.165, 1.54) is 0 Å². The molecule has 0 amide bonds. The maximum Gasteiger partial charge on any atom is 0.213 e. The number of unbranched alkanes of at least 4 members (excludes halogenated alkanes) is 1. The second kappa shape index (κ2) is 5.53. The Kier molecular flexibility index (Phi) is 5.98. The third kappa shape index (κ3) is 5.19. The van der Waals surface area contributed by atoms with Crippen molar-refractivity contribution in [2.45, 2.75) is 23.6 Å². The van der Waals surface area contributed by atoms with E-state index in [0.717, 1.165) is 12.8 Å². The average Bonchev–Trinajstić information content (AvgIpc) is 1.87. The SMILES string of the molecule is CCCC=C(CCl)C(Cl)(Cl)Cl. The Labute approximate surface area is 87.5 Å². The molecule has 11 heavy (non-hydrogen) atoms. The number of halogens is 4. The first-order chi connectivity index (χ1) is 5.02. The monoisotopic (exact) mass is 234 g/mol. The molecule has 0 aromatic carbocycles. The third-order valence-corrected chi connectivity index (χ3v) is 2.20. The fourth-order valence-electron chi connectivity index (χ4n) is 0.565. The van der Waals surface area contributed by atoms with Crippen LogP contribution in [0.4, 0.5) is 0 Å². The van der Waals surface area contributed by atoms with Gasteiger partial charge >= 0.3 is 0 Å². The van der Waals surface area contributed by atoms with E-state index >= 15 is 0 Å². The zero-order valence-electron chi connectivity index (χ0n) is 6.21. The lowest BCUT2D eigenvalue weighted by molar-refractivity contribution is 0.943. The fraction of sp³-hybridized carbons (Fsp3) is 0.714. The molecule has 0 heterocycles. The van der Waals surface area contributed by atoms with Gasteiger partial charge in [0.1, 0.15) is 0 Å². The summed E-state index contributed by atoms with van der Waals surface area (Å²) in [5, 5.41) is 0. The van der Waals surface area contributed by atoms with Gasteiger partial charge in [0.2, 0.25) is 3.79 Å². The number of rotatable bonds is 3. The van der Waals surface area contributed by atoms with Gasteiger partial charge in [-0.3, -0.25) is 0 Å². The van der Waals surface area contributed by atoms with Crippen LogP contribution in [0.2, 0.25) is 0 Å². The molecule has 0 unspecified atom stereocenters. The molecule has 0 radical (unpaired) electrons. The first-order valence-corrected chi connectivity index (χ1v) is 5.01. The Balaban J connectivity index is 4.16. The quantitative estimate of drug-likeness (QED) is 0.505. The molecule has 4 heteroatoms. The lowest BCUT2D eigenvalue weighted by Crippen LogP contribution is -2.08. The molecular weight excluding hydrogens is 226 g/mol. The van der Waals surface area contributed by atoms with Crippen LogP contribution in [0.5, 0.6) is 0 Å². The van der Waals surface area contributed by atoms with Crippen LogP contribution < -0.4 is 0 Å². The lowest BCUT2D eigenvalue weighted by atomic mass is 10.2. The van der Waals surface area contributed by atoms with Crippen molar-refractivity contribution < 1.29 is 0 Å². The van der Waals surface area contributed by atoms with Crippen LogP contribution in [0.15, 0.2) is 11.6 Å². The van der Waals surface area contributed by atoms with Crippen molar-refractivity contribution in [1.82, 2.24) is 0 Å². The predicted octanol–water partition coefficient (Wildman–Crippen LogP) is 4.32. The van der Waals surface area contributed by atoms with Crippen molar-refractivity contribution in [3.63, 3.8) is 0 Å². The minimum Gasteiger partial charge on any atom is -0.122 e. The summed E-state index contributed by atoms with van der Waals surface area (Å²) in [5.74, 6) is 0.274. The highest BCUT2D eigenvalue weighted by Crippen LogP contribution is 2.35. The molecule has 0 fully saturated rings. The molecule has 0 rings (SSSR count). The Bertz CT molecular complexity index is 134. The van der Waals surface area contributed by atoms with Gasteiger partial charge in [-0.2, -0.15) is 0 Å². The molecule has 0 aliphatic heterocycles. The summed E-state index contributed by atoms with van der Waals surface area (Å²) in [6, 6.07) is 0. The molecule has 0 bridgehead atoms. The van der Waals surface area contributed by atoms with Crippen molar-refractivity contribution >= 4 is 46.4 Å². The largest absolute Gasteiger partial charge is 0.213 e. The van der Waals surface area contributed by atoms with Crippen LogP contribution in [0.25, 0.3) is 0 Å². The van der Waals surface area contributed by atoms with Crippen LogP contribution in [0.1, 0.15) is 19.8 Å². The summed E-state index contributed by atoms with van der Waals surface area (Å²) < 4.78 is -1.34. The highest BCUT2D eigenvalue weighted by molar-refractivity contribution is 6.69. The molecular formula is C7H10Cl4. The lowest BCUT2D eigenvalue weighted by Gasteiger charge is -2.12. The van der Waals surface area contributed by atoms with Crippen LogP contribution in [-0.2, 0) is 0 Å². The van der Waals surface area contributed by atoms with Crippen LogP contribution in [-0.4, -0.2) is 9.67 Å². The summed E-state index contributed by atoms with van der Waals surface area (Å²) >= 11 is 22.4. The van der Waals surface area contributed by atoms with Crippen molar-refractivity contribution in [3.8, 4) is 0 Å². The van der Waals surface area contributed by atoms with Crippen molar-refractivity contribution in [2.24, 2.45) is 0 Å². The van der Waals surface area contributed by atoms with Gasteiger partial charge in [-0.05, 0) is 12.0 Å². The van der Waals surface area contributed by atoms with E-state index in [2.05, 4.69) is 6.92 Å². The summed E-state index contributed by atoms with van der Waals surface area (Å²) in [7, 11) is 0. The molecule has 0 N–H and O–H groups in total. The topological polar surface area (TPSA) is 0 Å². The maximum atomic E-state index is 5.61. The zero-order chi connectivity index (χ0) is 8.91. The van der Waals surface area contributed by atoms with Crippen molar-refractivity contribution in [1.29, 1.82) is 0 Å². The van der Waals surface area contributed by atoms with Crippen LogP contribution in [0, 0.1) is 0 Å². The molecule has 0 nitrogen and oxygen atoms in total. The summed E-state index contributed by atoms with van der Waals surface area (Å²) in [6.07, 6.45) is 3.80. The van der Waals surface area contributed by atoms with Gasteiger partial charge in [-0.1, -0.05) is 54.2 Å². The van der Waals surface area contributed by atoms with Gasteiger partial charge in [-0.15, -0.1) is 11.6 Å². The predicted molar refractivity (Wildman–Crippen MR) is 54.0 cm³/mol. The van der Waals surface area contributed by atoms with Gasteiger partial charge in [0.15, 0.2) is 0 Å². The molecule has 0 saturated carbocycles. The standard InChI is InChI=1S/C7H10Cl4/c1-2-3-4-6(5-8)7(9,10)11/h4H,2-3,5H2,1H3. The number of hydrogen-bond acceptors (Lipinski definition) is 0. The van der Waals surface area contributed by atoms with Crippen LogP contribution >= 0.6 is 46.4 Å².